The van der Waals surface area contributed by atoms with Crippen LogP contribution in [-0.2, 0) is 24.5 Å². The molecular weight excluding hydrogens is 304 g/mol. The van der Waals surface area contributed by atoms with Gasteiger partial charge in [0.25, 0.3) is 0 Å². The van der Waals surface area contributed by atoms with Crippen molar-refractivity contribution in [2.75, 3.05) is 14.2 Å². The number of hydrogen-bond donors (Lipinski definition) is 0. The van der Waals surface area contributed by atoms with Crippen molar-refractivity contribution < 1.29 is 19.1 Å². The molecule has 1 aliphatic carbocycles. The van der Waals surface area contributed by atoms with Crippen LogP contribution in [0.4, 0.5) is 0 Å². The van der Waals surface area contributed by atoms with Gasteiger partial charge in [-0.15, -0.1) is 0 Å². The van der Waals surface area contributed by atoms with E-state index in [0.717, 1.165) is 24.8 Å². The molecule has 1 aromatic rings. The molecule has 0 spiro atoms. The van der Waals surface area contributed by atoms with Crippen molar-refractivity contribution >= 4 is 23.5 Å². The van der Waals surface area contributed by atoms with E-state index in [1.807, 2.05) is 19.1 Å². The maximum atomic E-state index is 12.3. The maximum Gasteiger partial charge on any atom is 0.320 e. The molecule has 5 heteroatoms. The number of rotatable bonds is 5. The van der Waals surface area contributed by atoms with Gasteiger partial charge in [-0.05, 0) is 36.5 Å². The van der Waals surface area contributed by atoms with Crippen LogP contribution in [0.25, 0.3) is 0 Å². The van der Waals surface area contributed by atoms with Gasteiger partial charge in [-0.25, -0.2) is 0 Å². The van der Waals surface area contributed by atoms with E-state index in [0.29, 0.717) is 5.02 Å². The first-order chi connectivity index (χ1) is 10.4. The van der Waals surface area contributed by atoms with Crippen LogP contribution in [0.15, 0.2) is 24.3 Å². The number of halogens is 1. The normalized spacial score (nSPS) is 17.5. The SMILES string of the molecule is COC(=O)C(C(=O)OC)C(C)(c1ccc(Cl)cc1)C1CCC1. The van der Waals surface area contributed by atoms with Crippen LogP contribution in [0.3, 0.4) is 0 Å². The second-order valence-electron chi connectivity index (χ2n) is 5.90. The molecule has 1 aliphatic rings. The third-order valence-electron chi connectivity index (χ3n) is 4.89. The minimum atomic E-state index is -0.978. The molecule has 120 valence electrons. The Morgan fingerprint density at radius 3 is 2.00 bits per heavy atom. The quantitative estimate of drug-likeness (QED) is 0.615. The van der Waals surface area contributed by atoms with Crippen LogP contribution in [0.5, 0.6) is 0 Å². The summed E-state index contributed by atoms with van der Waals surface area (Å²) >= 11 is 5.97. The van der Waals surface area contributed by atoms with Crippen molar-refractivity contribution in [3.05, 3.63) is 34.9 Å². The summed E-state index contributed by atoms with van der Waals surface area (Å²) in [5.41, 5.74) is 0.241. The van der Waals surface area contributed by atoms with E-state index in [4.69, 9.17) is 21.1 Å². The first-order valence-corrected chi connectivity index (χ1v) is 7.74. The summed E-state index contributed by atoms with van der Waals surface area (Å²) in [6, 6.07) is 7.30. The Bertz CT molecular complexity index is 534. The van der Waals surface area contributed by atoms with Gasteiger partial charge in [-0.2, -0.15) is 0 Å². The second-order valence-corrected chi connectivity index (χ2v) is 6.33. The molecule has 0 aliphatic heterocycles. The molecule has 1 aromatic carbocycles. The number of carbonyl (C=O) groups excluding carboxylic acids is 2. The lowest BCUT2D eigenvalue weighted by molar-refractivity contribution is -0.164. The minimum Gasteiger partial charge on any atom is -0.468 e. The van der Waals surface area contributed by atoms with Gasteiger partial charge in [0.15, 0.2) is 5.92 Å². The Kier molecular flexibility index (Phi) is 5.12. The third-order valence-corrected chi connectivity index (χ3v) is 5.14. The van der Waals surface area contributed by atoms with E-state index in [2.05, 4.69) is 0 Å². The Morgan fingerprint density at radius 1 is 1.14 bits per heavy atom. The highest BCUT2D eigenvalue weighted by Gasteiger charge is 2.52. The van der Waals surface area contributed by atoms with Crippen molar-refractivity contribution in [1.82, 2.24) is 0 Å². The van der Waals surface area contributed by atoms with Crippen molar-refractivity contribution in [2.24, 2.45) is 11.8 Å². The molecule has 4 nitrogen and oxygen atoms in total. The minimum absolute atomic E-state index is 0.233. The van der Waals surface area contributed by atoms with Crippen LogP contribution in [0, 0.1) is 11.8 Å². The summed E-state index contributed by atoms with van der Waals surface area (Å²) in [5, 5.41) is 0.618. The van der Waals surface area contributed by atoms with Crippen LogP contribution in [0.2, 0.25) is 5.02 Å². The van der Waals surface area contributed by atoms with Crippen molar-refractivity contribution in [2.45, 2.75) is 31.6 Å². The lowest BCUT2D eigenvalue weighted by atomic mass is 9.57. The van der Waals surface area contributed by atoms with E-state index in [1.165, 1.54) is 14.2 Å². The van der Waals surface area contributed by atoms with Crippen LogP contribution in [-0.4, -0.2) is 26.2 Å². The summed E-state index contributed by atoms with van der Waals surface area (Å²) < 4.78 is 9.76. The zero-order valence-electron chi connectivity index (χ0n) is 13.1. The van der Waals surface area contributed by atoms with Crippen LogP contribution >= 0.6 is 11.6 Å². The fourth-order valence-electron chi connectivity index (χ4n) is 3.28. The zero-order valence-corrected chi connectivity index (χ0v) is 13.9. The van der Waals surface area contributed by atoms with Crippen LogP contribution < -0.4 is 0 Å². The Labute approximate surface area is 135 Å². The molecule has 0 saturated heterocycles. The summed E-state index contributed by atoms with van der Waals surface area (Å²) in [7, 11) is 2.59. The molecule has 0 N–H and O–H groups in total. The highest BCUT2D eigenvalue weighted by atomic mass is 35.5. The molecule has 0 heterocycles. The molecule has 22 heavy (non-hydrogen) atoms. The van der Waals surface area contributed by atoms with Crippen molar-refractivity contribution in [3.8, 4) is 0 Å². The summed E-state index contributed by atoms with van der Waals surface area (Å²) in [4.78, 5) is 24.6. The average Bonchev–Trinajstić information content (AvgIpc) is 2.45. The van der Waals surface area contributed by atoms with Gasteiger partial charge >= 0.3 is 11.9 Å². The summed E-state index contributed by atoms with van der Waals surface area (Å²) in [6.45, 7) is 1.94. The van der Waals surface area contributed by atoms with Gasteiger partial charge in [-0.3, -0.25) is 9.59 Å². The van der Waals surface area contributed by atoms with Gasteiger partial charge in [-0.1, -0.05) is 37.1 Å². The highest BCUT2D eigenvalue weighted by molar-refractivity contribution is 6.30. The molecule has 0 radical (unpaired) electrons. The van der Waals surface area contributed by atoms with Gasteiger partial charge < -0.3 is 9.47 Å². The average molecular weight is 325 g/mol. The van der Waals surface area contributed by atoms with Crippen LogP contribution in [0.1, 0.15) is 31.7 Å². The Morgan fingerprint density at radius 2 is 1.64 bits per heavy atom. The molecule has 2 rings (SSSR count). The predicted molar refractivity (Wildman–Crippen MR) is 83.7 cm³/mol. The fourth-order valence-corrected chi connectivity index (χ4v) is 3.40. The number of ether oxygens (including phenoxy) is 2. The smallest absolute Gasteiger partial charge is 0.320 e. The number of carbonyl (C=O) groups is 2. The lowest BCUT2D eigenvalue weighted by Crippen LogP contribution is -2.50. The maximum absolute atomic E-state index is 12.3. The zero-order chi connectivity index (χ0) is 16.3. The van der Waals surface area contributed by atoms with E-state index < -0.39 is 23.3 Å². The van der Waals surface area contributed by atoms with E-state index in [1.54, 1.807) is 12.1 Å². The van der Waals surface area contributed by atoms with E-state index in [9.17, 15) is 9.59 Å². The van der Waals surface area contributed by atoms with Crippen molar-refractivity contribution in [1.29, 1.82) is 0 Å². The number of methoxy groups -OCH3 is 2. The standard InChI is InChI=1S/C17H21ClO4/c1-17(11-5-4-6-11,12-7-9-13(18)10-8-12)14(15(19)21-2)16(20)22-3/h7-11,14H,4-6H2,1-3H3. The molecule has 1 unspecified atom stereocenters. The molecule has 1 atom stereocenters. The predicted octanol–water partition coefficient (Wildman–Crippen LogP) is 3.36. The summed E-state index contributed by atoms with van der Waals surface area (Å²) in [5.74, 6) is -1.86. The first kappa shape index (κ1) is 16.8. The van der Waals surface area contributed by atoms with E-state index >= 15 is 0 Å². The fraction of sp³-hybridized carbons (Fsp3) is 0.529. The molecule has 1 fully saturated rings. The molecular formula is C17H21ClO4. The third kappa shape index (κ3) is 2.84. The van der Waals surface area contributed by atoms with Gasteiger partial charge in [0.1, 0.15) is 0 Å². The molecule has 0 aromatic heterocycles. The Hall–Kier alpha value is -1.55. The molecule has 0 bridgehead atoms. The Balaban J connectivity index is 2.53. The first-order valence-electron chi connectivity index (χ1n) is 7.36. The molecule has 0 amide bonds. The van der Waals surface area contributed by atoms with E-state index in [-0.39, 0.29) is 5.92 Å². The summed E-state index contributed by atoms with van der Waals surface area (Å²) in [6.07, 6.45) is 3.05. The van der Waals surface area contributed by atoms with Gasteiger partial charge in [0, 0.05) is 10.4 Å². The number of hydrogen-bond acceptors (Lipinski definition) is 4. The second kappa shape index (κ2) is 6.69. The topological polar surface area (TPSA) is 52.6 Å². The van der Waals surface area contributed by atoms with Gasteiger partial charge in [0.2, 0.25) is 0 Å². The molecule has 1 saturated carbocycles. The van der Waals surface area contributed by atoms with Gasteiger partial charge in [0.05, 0.1) is 14.2 Å². The highest BCUT2D eigenvalue weighted by Crippen LogP contribution is 2.49. The lowest BCUT2D eigenvalue weighted by Gasteiger charge is -2.46. The largest absolute Gasteiger partial charge is 0.468 e. The van der Waals surface area contributed by atoms with Crippen molar-refractivity contribution in [3.63, 3.8) is 0 Å². The number of esters is 2. The monoisotopic (exact) mass is 324 g/mol. The number of benzene rings is 1.